The molecule has 0 atom stereocenters. The van der Waals surface area contributed by atoms with E-state index in [4.69, 9.17) is 22.3 Å². The number of aryl methyl sites for hydroxylation is 3. The van der Waals surface area contributed by atoms with Crippen LogP contribution in [-0.4, -0.2) is 18.2 Å². The number of aromatic nitrogens is 2. The Labute approximate surface area is 127 Å². The van der Waals surface area contributed by atoms with Gasteiger partial charge in [0.25, 0.3) is 9.05 Å². The average Bonchev–Trinajstić information content (AvgIpc) is 2.69. The fourth-order valence-corrected chi connectivity index (χ4v) is 3.91. The lowest BCUT2D eigenvalue weighted by Gasteiger charge is -2.08. The van der Waals surface area contributed by atoms with Crippen LogP contribution in [0.4, 0.5) is 0 Å². The van der Waals surface area contributed by atoms with Gasteiger partial charge in [0, 0.05) is 10.7 Å². The Balaban J connectivity index is 2.77. The molecule has 0 aliphatic heterocycles. The molecular weight excluding hydrogens is 319 g/mol. The highest BCUT2D eigenvalue weighted by molar-refractivity contribution is 8.13. The van der Waals surface area contributed by atoms with Gasteiger partial charge in [-0.3, -0.25) is 0 Å². The number of benzene rings is 1. The van der Waals surface area contributed by atoms with Gasteiger partial charge in [0.1, 0.15) is 4.90 Å². The van der Waals surface area contributed by atoms with Gasteiger partial charge in [-0.05, 0) is 37.5 Å². The molecule has 0 aliphatic carbocycles. The van der Waals surface area contributed by atoms with Crippen LogP contribution in [0.2, 0.25) is 5.15 Å². The molecule has 20 heavy (non-hydrogen) atoms. The van der Waals surface area contributed by atoms with Gasteiger partial charge >= 0.3 is 0 Å². The summed E-state index contributed by atoms with van der Waals surface area (Å²) in [5, 5.41) is 4.31. The van der Waals surface area contributed by atoms with E-state index in [2.05, 4.69) is 5.10 Å². The van der Waals surface area contributed by atoms with Crippen molar-refractivity contribution < 1.29 is 8.42 Å². The Morgan fingerprint density at radius 1 is 1.30 bits per heavy atom. The van der Waals surface area contributed by atoms with E-state index >= 15 is 0 Å². The van der Waals surface area contributed by atoms with Crippen molar-refractivity contribution in [1.82, 2.24) is 9.78 Å². The predicted octanol–water partition coefficient (Wildman–Crippen LogP) is 3.63. The first kappa shape index (κ1) is 15.4. The molecule has 0 aliphatic rings. The summed E-state index contributed by atoms with van der Waals surface area (Å²) in [4.78, 5) is -0.107. The van der Waals surface area contributed by atoms with Crippen LogP contribution >= 0.6 is 22.3 Å². The first-order valence-electron chi connectivity index (χ1n) is 6.05. The van der Waals surface area contributed by atoms with E-state index in [1.54, 1.807) is 6.92 Å². The maximum atomic E-state index is 11.7. The molecule has 0 saturated heterocycles. The van der Waals surface area contributed by atoms with Crippen molar-refractivity contribution in [2.75, 3.05) is 0 Å². The summed E-state index contributed by atoms with van der Waals surface area (Å²) in [6.45, 7) is 5.66. The third-order valence-electron chi connectivity index (χ3n) is 3.03. The quantitative estimate of drug-likeness (QED) is 0.806. The molecule has 4 nitrogen and oxygen atoms in total. The van der Waals surface area contributed by atoms with E-state index < -0.39 is 9.05 Å². The molecule has 2 rings (SSSR count). The van der Waals surface area contributed by atoms with Crippen molar-refractivity contribution in [3.05, 3.63) is 40.2 Å². The summed E-state index contributed by atoms with van der Waals surface area (Å²) in [7, 11) is 1.52. The lowest BCUT2D eigenvalue weighted by Crippen LogP contribution is -2.00. The largest absolute Gasteiger partial charge is 0.266 e. The van der Waals surface area contributed by atoms with Crippen molar-refractivity contribution in [1.29, 1.82) is 0 Å². The monoisotopic (exact) mass is 332 g/mol. The van der Waals surface area contributed by atoms with Crippen LogP contribution in [0.1, 0.15) is 23.7 Å². The number of hydrogen-bond acceptors (Lipinski definition) is 3. The molecule has 1 aromatic heterocycles. The predicted molar refractivity (Wildman–Crippen MR) is 80.5 cm³/mol. The molecule has 2 aromatic rings. The normalized spacial score (nSPS) is 11.8. The zero-order valence-corrected chi connectivity index (χ0v) is 13.6. The van der Waals surface area contributed by atoms with Crippen molar-refractivity contribution in [2.24, 2.45) is 0 Å². The summed E-state index contributed by atoms with van der Waals surface area (Å²) in [6.07, 6.45) is 0.429. The minimum Gasteiger partial charge on any atom is -0.220 e. The topological polar surface area (TPSA) is 52.0 Å². The Kier molecular flexibility index (Phi) is 4.14. The minimum atomic E-state index is -3.93. The average molecular weight is 333 g/mol. The molecule has 0 fully saturated rings. The minimum absolute atomic E-state index is 0.0190. The van der Waals surface area contributed by atoms with E-state index in [9.17, 15) is 8.42 Å². The van der Waals surface area contributed by atoms with Gasteiger partial charge in [-0.2, -0.15) is 5.10 Å². The van der Waals surface area contributed by atoms with Crippen molar-refractivity contribution in [2.45, 2.75) is 32.1 Å². The van der Waals surface area contributed by atoms with E-state index in [0.717, 1.165) is 16.8 Å². The first-order chi connectivity index (χ1) is 9.25. The van der Waals surface area contributed by atoms with Crippen LogP contribution in [0.3, 0.4) is 0 Å². The van der Waals surface area contributed by atoms with E-state index in [1.165, 1.54) is 4.68 Å². The molecule has 0 amide bonds. The Bertz CT molecular complexity index is 767. The van der Waals surface area contributed by atoms with E-state index in [0.29, 0.717) is 12.1 Å². The summed E-state index contributed by atoms with van der Waals surface area (Å²) in [5.74, 6) is 0. The SMILES string of the molecule is CCc1nn(-c2cc(C)ccc2C)c(Cl)c1S(=O)(=O)Cl. The smallest absolute Gasteiger partial charge is 0.220 e. The molecule has 0 unspecified atom stereocenters. The number of halogens is 2. The Hall–Kier alpha value is -1.04. The molecule has 1 aromatic carbocycles. The van der Waals surface area contributed by atoms with Crippen LogP contribution in [0.15, 0.2) is 23.1 Å². The van der Waals surface area contributed by atoms with E-state index in [-0.39, 0.29) is 10.0 Å². The van der Waals surface area contributed by atoms with Gasteiger partial charge in [-0.25, -0.2) is 13.1 Å². The summed E-state index contributed by atoms with van der Waals surface area (Å²) >= 11 is 6.19. The van der Waals surface area contributed by atoms with Crippen molar-refractivity contribution in [3.8, 4) is 5.69 Å². The highest BCUT2D eigenvalue weighted by Crippen LogP contribution is 2.31. The van der Waals surface area contributed by atoms with Crippen LogP contribution in [0.5, 0.6) is 0 Å². The van der Waals surface area contributed by atoms with Gasteiger partial charge in [0.15, 0.2) is 5.15 Å². The van der Waals surface area contributed by atoms with Gasteiger partial charge < -0.3 is 0 Å². The molecule has 0 N–H and O–H groups in total. The maximum Gasteiger partial charge on any atom is 0.266 e. The molecular formula is C13H14Cl2N2O2S. The van der Waals surface area contributed by atoms with Crippen molar-refractivity contribution >= 4 is 31.3 Å². The molecule has 0 radical (unpaired) electrons. The Morgan fingerprint density at radius 3 is 2.45 bits per heavy atom. The maximum absolute atomic E-state index is 11.7. The highest BCUT2D eigenvalue weighted by atomic mass is 35.7. The molecule has 1 heterocycles. The third-order valence-corrected chi connectivity index (χ3v) is 4.87. The fraction of sp³-hybridized carbons (Fsp3) is 0.308. The fourth-order valence-electron chi connectivity index (χ4n) is 2.01. The van der Waals surface area contributed by atoms with Crippen LogP contribution in [-0.2, 0) is 15.5 Å². The summed E-state index contributed by atoms with van der Waals surface area (Å²) in [5.41, 5.74) is 3.09. The highest BCUT2D eigenvalue weighted by Gasteiger charge is 2.26. The lowest BCUT2D eigenvalue weighted by atomic mass is 10.1. The number of nitrogens with zero attached hydrogens (tertiary/aromatic N) is 2. The standard InChI is InChI=1S/C13H14Cl2N2O2S/c1-4-10-12(20(15,18)19)13(14)17(16-10)11-7-8(2)5-6-9(11)3/h5-7H,4H2,1-3H3. The molecule has 0 bridgehead atoms. The van der Waals surface area contributed by atoms with Crippen molar-refractivity contribution in [3.63, 3.8) is 0 Å². The molecule has 0 saturated carbocycles. The van der Waals surface area contributed by atoms with Gasteiger partial charge in [0.2, 0.25) is 0 Å². The van der Waals surface area contributed by atoms with Crippen LogP contribution in [0.25, 0.3) is 5.69 Å². The second-order valence-electron chi connectivity index (χ2n) is 4.56. The third kappa shape index (κ3) is 2.71. The van der Waals surface area contributed by atoms with E-state index in [1.807, 2.05) is 32.0 Å². The second-order valence-corrected chi connectivity index (χ2v) is 7.42. The number of rotatable bonds is 3. The molecule has 0 spiro atoms. The lowest BCUT2D eigenvalue weighted by molar-refractivity contribution is 0.608. The first-order valence-corrected chi connectivity index (χ1v) is 8.74. The van der Waals surface area contributed by atoms with Crippen LogP contribution < -0.4 is 0 Å². The zero-order chi connectivity index (χ0) is 15.1. The Morgan fingerprint density at radius 2 is 1.95 bits per heavy atom. The van der Waals surface area contributed by atoms with Gasteiger partial charge in [0.05, 0.1) is 11.4 Å². The number of hydrogen-bond donors (Lipinski definition) is 0. The zero-order valence-electron chi connectivity index (χ0n) is 11.3. The van der Waals surface area contributed by atoms with Gasteiger partial charge in [-0.1, -0.05) is 30.7 Å². The van der Waals surface area contributed by atoms with Gasteiger partial charge in [-0.15, -0.1) is 0 Å². The summed E-state index contributed by atoms with van der Waals surface area (Å²) in [6, 6.07) is 5.80. The molecule has 108 valence electrons. The summed E-state index contributed by atoms with van der Waals surface area (Å²) < 4.78 is 24.7. The van der Waals surface area contributed by atoms with Crippen LogP contribution in [0, 0.1) is 13.8 Å². The second kappa shape index (κ2) is 5.39. The molecule has 7 heteroatoms.